The van der Waals surface area contributed by atoms with E-state index >= 15 is 0 Å². The van der Waals surface area contributed by atoms with Crippen molar-refractivity contribution in [2.75, 3.05) is 6.54 Å². The van der Waals surface area contributed by atoms with Gasteiger partial charge in [0.1, 0.15) is 0 Å². The summed E-state index contributed by atoms with van der Waals surface area (Å²) >= 11 is 0. The van der Waals surface area contributed by atoms with E-state index in [1.165, 1.54) is 0 Å². The molecule has 0 aliphatic carbocycles. The van der Waals surface area contributed by atoms with Crippen molar-refractivity contribution in [3.8, 4) is 11.5 Å². The smallest absolute Gasteiger partial charge is 0.247 e. The molecule has 3 rings (SSSR count). The van der Waals surface area contributed by atoms with E-state index in [1.807, 2.05) is 54.2 Å². The van der Waals surface area contributed by atoms with E-state index in [4.69, 9.17) is 4.42 Å². The van der Waals surface area contributed by atoms with Crippen LogP contribution in [0.25, 0.3) is 11.5 Å². The van der Waals surface area contributed by atoms with Gasteiger partial charge in [-0.2, -0.15) is 5.10 Å². The van der Waals surface area contributed by atoms with E-state index in [0.717, 1.165) is 18.7 Å². The second-order valence-corrected chi connectivity index (χ2v) is 4.76. The summed E-state index contributed by atoms with van der Waals surface area (Å²) in [5.74, 6) is 1.14. The van der Waals surface area contributed by atoms with Crippen LogP contribution in [0.1, 0.15) is 18.9 Å². The summed E-state index contributed by atoms with van der Waals surface area (Å²) in [6, 6.07) is 11.7. The third-order valence-corrected chi connectivity index (χ3v) is 3.18. The molecular weight excluding hydrogens is 266 g/mol. The SMILES string of the molecule is C[C@H](NCCn1cccn1)c1nnc(-c2ccccc2)o1. The molecule has 2 aromatic heterocycles. The van der Waals surface area contributed by atoms with Crippen molar-refractivity contribution >= 4 is 0 Å². The molecule has 21 heavy (non-hydrogen) atoms. The molecule has 6 nitrogen and oxygen atoms in total. The zero-order valence-electron chi connectivity index (χ0n) is 11.8. The van der Waals surface area contributed by atoms with Gasteiger partial charge in [-0.1, -0.05) is 18.2 Å². The van der Waals surface area contributed by atoms with Crippen molar-refractivity contribution in [3.05, 3.63) is 54.7 Å². The minimum Gasteiger partial charge on any atom is -0.419 e. The van der Waals surface area contributed by atoms with Crippen molar-refractivity contribution in [1.29, 1.82) is 0 Å². The molecule has 0 saturated carbocycles. The lowest BCUT2D eigenvalue weighted by Crippen LogP contribution is -2.23. The highest BCUT2D eigenvalue weighted by molar-refractivity contribution is 5.51. The Bertz CT molecular complexity index is 662. The number of nitrogens with one attached hydrogen (secondary N) is 1. The van der Waals surface area contributed by atoms with Gasteiger partial charge >= 0.3 is 0 Å². The molecule has 1 aromatic carbocycles. The van der Waals surface area contributed by atoms with Gasteiger partial charge in [0.15, 0.2) is 0 Å². The Morgan fingerprint density at radius 1 is 1.19 bits per heavy atom. The molecule has 0 unspecified atom stereocenters. The summed E-state index contributed by atoms with van der Waals surface area (Å²) in [7, 11) is 0. The standard InChI is InChI=1S/C15H17N5O/c1-12(16-9-11-20-10-5-8-17-20)14-18-19-15(21-14)13-6-3-2-4-7-13/h2-8,10,12,16H,9,11H2,1H3/t12-/m0/s1. The average Bonchev–Trinajstić information content (AvgIpc) is 3.20. The fraction of sp³-hybridized carbons (Fsp3) is 0.267. The Balaban J connectivity index is 1.58. The highest BCUT2D eigenvalue weighted by atomic mass is 16.4. The van der Waals surface area contributed by atoms with Gasteiger partial charge in [-0.15, -0.1) is 10.2 Å². The number of benzene rings is 1. The van der Waals surface area contributed by atoms with E-state index in [0.29, 0.717) is 11.8 Å². The molecule has 0 saturated heterocycles. The lowest BCUT2D eigenvalue weighted by Gasteiger charge is -2.09. The molecule has 1 N–H and O–H groups in total. The topological polar surface area (TPSA) is 68.8 Å². The fourth-order valence-corrected chi connectivity index (χ4v) is 2.02. The van der Waals surface area contributed by atoms with Gasteiger partial charge in [-0.3, -0.25) is 4.68 Å². The number of nitrogens with zero attached hydrogens (tertiary/aromatic N) is 4. The van der Waals surface area contributed by atoms with E-state index in [9.17, 15) is 0 Å². The first-order valence-electron chi connectivity index (χ1n) is 6.92. The number of rotatable bonds is 6. The quantitative estimate of drug-likeness (QED) is 0.751. The summed E-state index contributed by atoms with van der Waals surface area (Å²) in [6.45, 7) is 3.59. The van der Waals surface area contributed by atoms with Gasteiger partial charge in [-0.05, 0) is 25.1 Å². The third-order valence-electron chi connectivity index (χ3n) is 3.18. The molecule has 0 amide bonds. The highest BCUT2D eigenvalue weighted by Gasteiger charge is 2.14. The molecule has 0 spiro atoms. The average molecular weight is 283 g/mol. The van der Waals surface area contributed by atoms with Crippen molar-refractivity contribution in [2.45, 2.75) is 19.5 Å². The maximum absolute atomic E-state index is 5.71. The summed E-state index contributed by atoms with van der Waals surface area (Å²) in [6.07, 6.45) is 3.71. The molecule has 3 aromatic rings. The van der Waals surface area contributed by atoms with Crippen LogP contribution < -0.4 is 5.32 Å². The third kappa shape index (κ3) is 3.35. The summed E-state index contributed by atoms with van der Waals surface area (Å²) in [5, 5.41) is 15.7. The van der Waals surface area contributed by atoms with Gasteiger partial charge in [-0.25, -0.2) is 0 Å². The zero-order valence-corrected chi connectivity index (χ0v) is 11.8. The molecule has 6 heteroatoms. The highest BCUT2D eigenvalue weighted by Crippen LogP contribution is 2.19. The Labute approximate surface area is 122 Å². The van der Waals surface area contributed by atoms with E-state index in [-0.39, 0.29) is 6.04 Å². The molecule has 1 atom stereocenters. The molecular formula is C15H17N5O. The Hall–Kier alpha value is -2.47. The summed E-state index contributed by atoms with van der Waals surface area (Å²) in [5.41, 5.74) is 0.931. The van der Waals surface area contributed by atoms with Gasteiger partial charge in [0.25, 0.3) is 0 Å². The first kappa shape index (κ1) is 13.5. The van der Waals surface area contributed by atoms with Crippen LogP contribution >= 0.6 is 0 Å². The fourth-order valence-electron chi connectivity index (χ4n) is 2.02. The monoisotopic (exact) mass is 283 g/mol. The second-order valence-electron chi connectivity index (χ2n) is 4.76. The Morgan fingerprint density at radius 3 is 2.81 bits per heavy atom. The number of aromatic nitrogens is 4. The Morgan fingerprint density at radius 2 is 2.05 bits per heavy atom. The molecule has 0 radical (unpaired) electrons. The van der Waals surface area contributed by atoms with Crippen LogP contribution in [-0.2, 0) is 6.54 Å². The lowest BCUT2D eigenvalue weighted by molar-refractivity contribution is 0.411. The first-order chi connectivity index (χ1) is 10.3. The van der Waals surface area contributed by atoms with Gasteiger partial charge < -0.3 is 9.73 Å². The minimum absolute atomic E-state index is 0.00512. The number of hydrogen-bond donors (Lipinski definition) is 1. The van der Waals surface area contributed by atoms with Crippen molar-refractivity contribution in [1.82, 2.24) is 25.3 Å². The molecule has 0 bridgehead atoms. The molecule has 0 fully saturated rings. The first-order valence-corrected chi connectivity index (χ1v) is 6.92. The molecule has 108 valence electrons. The van der Waals surface area contributed by atoms with Crippen molar-refractivity contribution < 1.29 is 4.42 Å². The predicted octanol–water partition coefficient (Wildman–Crippen LogP) is 2.28. The van der Waals surface area contributed by atoms with E-state index in [1.54, 1.807) is 6.20 Å². The predicted molar refractivity (Wildman–Crippen MR) is 78.4 cm³/mol. The molecule has 0 aliphatic rings. The van der Waals surface area contributed by atoms with Gasteiger partial charge in [0.05, 0.1) is 12.6 Å². The maximum atomic E-state index is 5.71. The summed E-state index contributed by atoms with van der Waals surface area (Å²) < 4.78 is 7.59. The minimum atomic E-state index is 0.00512. The largest absolute Gasteiger partial charge is 0.419 e. The van der Waals surface area contributed by atoms with Crippen LogP contribution in [0.3, 0.4) is 0 Å². The van der Waals surface area contributed by atoms with Crippen LogP contribution in [0, 0.1) is 0 Å². The van der Waals surface area contributed by atoms with E-state index in [2.05, 4.69) is 20.6 Å². The molecule has 0 aliphatic heterocycles. The number of hydrogen-bond acceptors (Lipinski definition) is 5. The van der Waals surface area contributed by atoms with Gasteiger partial charge in [0.2, 0.25) is 11.8 Å². The van der Waals surface area contributed by atoms with Crippen LogP contribution in [0.4, 0.5) is 0 Å². The van der Waals surface area contributed by atoms with Crippen LogP contribution in [0.5, 0.6) is 0 Å². The Kier molecular flexibility index (Phi) is 4.07. The van der Waals surface area contributed by atoms with Crippen molar-refractivity contribution in [2.24, 2.45) is 0 Å². The van der Waals surface area contributed by atoms with E-state index < -0.39 is 0 Å². The van der Waals surface area contributed by atoms with Crippen molar-refractivity contribution in [3.63, 3.8) is 0 Å². The maximum Gasteiger partial charge on any atom is 0.247 e. The zero-order chi connectivity index (χ0) is 14.5. The second kappa shape index (κ2) is 6.32. The van der Waals surface area contributed by atoms with Gasteiger partial charge in [0, 0.05) is 24.5 Å². The lowest BCUT2D eigenvalue weighted by atomic mass is 10.2. The van der Waals surface area contributed by atoms with Crippen LogP contribution in [0.15, 0.2) is 53.2 Å². The van der Waals surface area contributed by atoms with Crippen LogP contribution in [-0.4, -0.2) is 26.5 Å². The van der Waals surface area contributed by atoms with Crippen LogP contribution in [0.2, 0.25) is 0 Å². The summed E-state index contributed by atoms with van der Waals surface area (Å²) in [4.78, 5) is 0. The normalized spacial score (nSPS) is 12.4. The molecule has 2 heterocycles.